The third-order valence-electron chi connectivity index (χ3n) is 4.38. The number of nitrogens with one attached hydrogen (secondary N) is 1. The van der Waals surface area contributed by atoms with E-state index in [1.807, 2.05) is 0 Å². The van der Waals surface area contributed by atoms with Gasteiger partial charge in [0.05, 0.1) is 0 Å². The van der Waals surface area contributed by atoms with Gasteiger partial charge >= 0.3 is 0 Å². The normalized spacial score (nSPS) is 30.1. The molecule has 0 aliphatic heterocycles. The van der Waals surface area contributed by atoms with Crippen LogP contribution in [-0.2, 0) is 6.54 Å². The van der Waals surface area contributed by atoms with Gasteiger partial charge in [0.25, 0.3) is 0 Å². The van der Waals surface area contributed by atoms with Crippen molar-refractivity contribution in [2.45, 2.75) is 38.3 Å². The maximum atomic E-state index is 13.4. The lowest BCUT2D eigenvalue weighted by Gasteiger charge is -2.23. The summed E-state index contributed by atoms with van der Waals surface area (Å²) in [5.74, 6) is -1.30. The molecule has 0 saturated heterocycles. The summed E-state index contributed by atoms with van der Waals surface area (Å²) in [4.78, 5) is 0. The molecule has 1 aromatic carbocycles. The molecule has 98 valence electrons. The molecule has 4 heteroatoms. The highest BCUT2D eigenvalue weighted by molar-refractivity contribution is 5.20. The third-order valence-corrected chi connectivity index (χ3v) is 4.38. The van der Waals surface area contributed by atoms with Gasteiger partial charge in [-0.15, -0.1) is 0 Å². The Morgan fingerprint density at radius 1 is 1.00 bits per heavy atom. The maximum Gasteiger partial charge on any atom is 0.161 e. The number of benzene rings is 1. The maximum absolute atomic E-state index is 13.4. The molecule has 1 N–H and O–H groups in total. The van der Waals surface area contributed by atoms with Gasteiger partial charge in [-0.25, -0.2) is 13.2 Å². The molecular formula is C14H16F3N. The SMILES string of the molecule is Fc1cc(F)c(CNC2CC3CCC2C3)cc1F. The molecule has 1 nitrogen and oxygen atoms in total. The van der Waals surface area contributed by atoms with Crippen LogP contribution in [0.4, 0.5) is 13.2 Å². The van der Waals surface area contributed by atoms with Crippen LogP contribution in [0.1, 0.15) is 31.2 Å². The Labute approximate surface area is 104 Å². The van der Waals surface area contributed by atoms with Crippen LogP contribution >= 0.6 is 0 Å². The Morgan fingerprint density at radius 3 is 2.44 bits per heavy atom. The minimum absolute atomic E-state index is 0.205. The molecule has 1 aromatic rings. The number of rotatable bonds is 3. The van der Waals surface area contributed by atoms with Crippen LogP contribution in [0.5, 0.6) is 0 Å². The van der Waals surface area contributed by atoms with E-state index in [1.54, 1.807) is 0 Å². The fourth-order valence-electron chi connectivity index (χ4n) is 3.44. The van der Waals surface area contributed by atoms with Crippen molar-refractivity contribution in [2.75, 3.05) is 0 Å². The predicted molar refractivity (Wildman–Crippen MR) is 62.4 cm³/mol. The monoisotopic (exact) mass is 255 g/mol. The van der Waals surface area contributed by atoms with Gasteiger partial charge in [-0.2, -0.15) is 0 Å². The van der Waals surface area contributed by atoms with E-state index in [0.29, 0.717) is 18.0 Å². The Kier molecular flexibility index (Phi) is 3.06. The summed E-state index contributed by atoms with van der Waals surface area (Å²) >= 11 is 0. The molecule has 2 bridgehead atoms. The zero-order valence-electron chi connectivity index (χ0n) is 10.1. The molecule has 3 atom stereocenters. The molecule has 3 unspecified atom stereocenters. The van der Waals surface area contributed by atoms with Crippen molar-refractivity contribution in [3.63, 3.8) is 0 Å². The molecule has 0 radical (unpaired) electrons. The molecule has 0 amide bonds. The summed E-state index contributed by atoms with van der Waals surface area (Å²) in [7, 11) is 0. The van der Waals surface area contributed by atoms with Crippen molar-refractivity contribution in [3.05, 3.63) is 35.1 Å². The first-order valence-electron chi connectivity index (χ1n) is 6.50. The van der Waals surface area contributed by atoms with Gasteiger partial charge < -0.3 is 5.32 Å². The van der Waals surface area contributed by atoms with Gasteiger partial charge in [0, 0.05) is 24.2 Å². The van der Waals surface area contributed by atoms with E-state index in [4.69, 9.17) is 0 Å². The van der Waals surface area contributed by atoms with Crippen LogP contribution in [0.25, 0.3) is 0 Å². The van der Waals surface area contributed by atoms with Gasteiger partial charge in [-0.3, -0.25) is 0 Å². The Hall–Kier alpha value is -1.03. The molecule has 2 fully saturated rings. The van der Waals surface area contributed by atoms with E-state index in [0.717, 1.165) is 18.4 Å². The van der Waals surface area contributed by atoms with E-state index in [-0.39, 0.29) is 12.1 Å². The fourth-order valence-corrected chi connectivity index (χ4v) is 3.44. The summed E-state index contributed by atoms with van der Waals surface area (Å²) < 4.78 is 39.3. The highest BCUT2D eigenvalue weighted by Crippen LogP contribution is 2.44. The zero-order chi connectivity index (χ0) is 12.7. The fraction of sp³-hybridized carbons (Fsp3) is 0.571. The molecule has 2 saturated carbocycles. The van der Waals surface area contributed by atoms with Crippen molar-refractivity contribution in [3.8, 4) is 0 Å². The van der Waals surface area contributed by atoms with Crippen molar-refractivity contribution in [1.29, 1.82) is 0 Å². The smallest absolute Gasteiger partial charge is 0.161 e. The van der Waals surface area contributed by atoms with Crippen LogP contribution in [0.3, 0.4) is 0 Å². The second-order valence-electron chi connectivity index (χ2n) is 5.52. The standard InChI is InChI=1S/C14H16F3N/c15-11-6-13(17)12(16)5-10(11)7-18-14-4-8-1-2-9(14)3-8/h5-6,8-9,14,18H,1-4,7H2. The predicted octanol–water partition coefficient (Wildman–Crippen LogP) is 3.38. The molecule has 0 spiro atoms. The molecule has 2 aliphatic carbocycles. The van der Waals surface area contributed by atoms with Crippen molar-refractivity contribution in [1.82, 2.24) is 5.32 Å². The lowest BCUT2D eigenvalue weighted by atomic mass is 9.95. The average molecular weight is 255 g/mol. The first kappa shape index (κ1) is 12.0. The van der Waals surface area contributed by atoms with Crippen LogP contribution in [0, 0.1) is 29.3 Å². The largest absolute Gasteiger partial charge is 0.310 e. The van der Waals surface area contributed by atoms with Gasteiger partial charge in [0.1, 0.15) is 5.82 Å². The molecular weight excluding hydrogens is 239 g/mol. The summed E-state index contributed by atoms with van der Waals surface area (Å²) in [6.45, 7) is 0.275. The zero-order valence-corrected chi connectivity index (χ0v) is 10.1. The van der Waals surface area contributed by atoms with Crippen molar-refractivity contribution < 1.29 is 13.2 Å². The van der Waals surface area contributed by atoms with Gasteiger partial charge in [0.2, 0.25) is 0 Å². The minimum Gasteiger partial charge on any atom is -0.310 e. The number of hydrogen-bond donors (Lipinski definition) is 1. The van der Waals surface area contributed by atoms with Crippen LogP contribution in [0.15, 0.2) is 12.1 Å². The van der Waals surface area contributed by atoms with Crippen LogP contribution < -0.4 is 5.32 Å². The van der Waals surface area contributed by atoms with E-state index >= 15 is 0 Å². The van der Waals surface area contributed by atoms with E-state index in [9.17, 15) is 13.2 Å². The molecule has 3 rings (SSSR count). The minimum atomic E-state index is -1.13. The van der Waals surface area contributed by atoms with Gasteiger partial charge in [-0.1, -0.05) is 6.42 Å². The number of fused-ring (bicyclic) bond motifs is 2. The van der Waals surface area contributed by atoms with Gasteiger partial charge in [0.15, 0.2) is 11.6 Å². The Balaban J connectivity index is 1.65. The highest BCUT2D eigenvalue weighted by Gasteiger charge is 2.39. The quantitative estimate of drug-likeness (QED) is 0.816. The van der Waals surface area contributed by atoms with Crippen LogP contribution in [0.2, 0.25) is 0 Å². The van der Waals surface area contributed by atoms with E-state index < -0.39 is 17.5 Å². The van der Waals surface area contributed by atoms with Crippen molar-refractivity contribution in [2.24, 2.45) is 11.8 Å². The second kappa shape index (κ2) is 4.57. The number of hydrogen-bond acceptors (Lipinski definition) is 1. The highest BCUT2D eigenvalue weighted by atomic mass is 19.2. The van der Waals surface area contributed by atoms with Gasteiger partial charge in [-0.05, 0) is 37.2 Å². The Bertz CT molecular complexity index is 461. The second-order valence-corrected chi connectivity index (χ2v) is 5.52. The topological polar surface area (TPSA) is 12.0 Å². The third kappa shape index (κ3) is 2.14. The lowest BCUT2D eigenvalue weighted by molar-refractivity contribution is 0.348. The van der Waals surface area contributed by atoms with Crippen molar-refractivity contribution >= 4 is 0 Å². The molecule has 0 heterocycles. The first-order valence-corrected chi connectivity index (χ1v) is 6.50. The lowest BCUT2D eigenvalue weighted by Crippen LogP contribution is -2.33. The molecule has 2 aliphatic rings. The van der Waals surface area contributed by atoms with E-state index in [1.165, 1.54) is 19.3 Å². The van der Waals surface area contributed by atoms with E-state index in [2.05, 4.69) is 5.32 Å². The number of halogens is 3. The summed E-state index contributed by atoms with van der Waals surface area (Å²) in [6.07, 6.45) is 4.94. The summed E-state index contributed by atoms with van der Waals surface area (Å²) in [6, 6.07) is 1.98. The molecule has 18 heavy (non-hydrogen) atoms. The first-order chi connectivity index (χ1) is 8.63. The van der Waals surface area contributed by atoms with Crippen LogP contribution in [-0.4, -0.2) is 6.04 Å². The Morgan fingerprint density at radius 2 is 1.78 bits per heavy atom. The summed E-state index contributed by atoms with van der Waals surface area (Å²) in [5, 5.41) is 3.29. The molecule has 0 aromatic heterocycles. The average Bonchev–Trinajstić information content (AvgIpc) is 2.94. The summed E-state index contributed by atoms with van der Waals surface area (Å²) in [5.41, 5.74) is 0.205.